The first kappa shape index (κ1) is 20.6. The highest BCUT2D eigenvalue weighted by atomic mass is 35.5. The molecule has 156 valence electrons. The molecule has 2 heterocycles. The number of nitrogens with one attached hydrogen (secondary N) is 1. The average Bonchev–Trinajstić information content (AvgIpc) is 3.08. The Hall–Kier alpha value is -2.66. The van der Waals surface area contributed by atoms with Crippen molar-refractivity contribution in [3.63, 3.8) is 0 Å². The van der Waals surface area contributed by atoms with Gasteiger partial charge in [0.1, 0.15) is 0 Å². The van der Waals surface area contributed by atoms with E-state index in [0.29, 0.717) is 18.1 Å². The molecule has 0 saturated heterocycles. The molecule has 0 spiro atoms. The highest BCUT2D eigenvalue weighted by molar-refractivity contribution is 6.30. The van der Waals surface area contributed by atoms with Crippen LogP contribution in [0.1, 0.15) is 59.3 Å². The highest BCUT2D eigenvalue weighted by Crippen LogP contribution is 2.39. The summed E-state index contributed by atoms with van der Waals surface area (Å²) < 4.78 is 1.87. The second-order valence-corrected chi connectivity index (χ2v) is 8.64. The van der Waals surface area contributed by atoms with E-state index in [1.165, 1.54) is 24.8 Å². The maximum atomic E-state index is 13.1. The van der Waals surface area contributed by atoms with E-state index in [0.717, 1.165) is 29.1 Å². The summed E-state index contributed by atoms with van der Waals surface area (Å²) in [5, 5.41) is 3.97. The number of rotatable bonds is 5. The van der Waals surface area contributed by atoms with Gasteiger partial charge in [0.25, 0.3) is 5.91 Å². The largest absolute Gasteiger partial charge is 0.351 e. The van der Waals surface area contributed by atoms with E-state index < -0.39 is 0 Å². The van der Waals surface area contributed by atoms with E-state index in [1.54, 1.807) is 18.5 Å². The van der Waals surface area contributed by atoms with Crippen LogP contribution in [0, 0.1) is 13.8 Å². The van der Waals surface area contributed by atoms with Crippen molar-refractivity contribution in [2.75, 3.05) is 6.54 Å². The minimum atomic E-state index is -0.0517. The zero-order valence-corrected chi connectivity index (χ0v) is 18.2. The normalized spacial score (nSPS) is 15.7. The van der Waals surface area contributed by atoms with Crippen LogP contribution in [0.2, 0.25) is 5.02 Å². The fraction of sp³-hybridized carbons (Fsp3) is 0.375. The Morgan fingerprint density at radius 3 is 2.43 bits per heavy atom. The summed E-state index contributed by atoms with van der Waals surface area (Å²) in [6.45, 7) is 4.58. The fourth-order valence-electron chi connectivity index (χ4n) is 4.49. The van der Waals surface area contributed by atoms with Crippen molar-refractivity contribution in [2.24, 2.45) is 0 Å². The summed E-state index contributed by atoms with van der Waals surface area (Å²) in [4.78, 5) is 21.8. The molecule has 1 fully saturated rings. The minimum absolute atomic E-state index is 0.0352. The number of benzene rings is 1. The van der Waals surface area contributed by atoms with Gasteiger partial charge in [0, 0.05) is 41.3 Å². The van der Waals surface area contributed by atoms with E-state index in [2.05, 4.69) is 27.4 Å². The third-order valence-corrected chi connectivity index (χ3v) is 6.69. The van der Waals surface area contributed by atoms with Crippen molar-refractivity contribution >= 4 is 17.5 Å². The summed E-state index contributed by atoms with van der Waals surface area (Å²) >= 11 is 6.11. The molecular weight excluding hydrogens is 396 g/mol. The Morgan fingerprint density at radius 1 is 1.10 bits per heavy atom. The number of carbonyl (C=O) groups excluding carboxylic acids is 1. The summed E-state index contributed by atoms with van der Waals surface area (Å²) in [5.74, 6) is 0.520. The zero-order chi connectivity index (χ0) is 21.1. The first-order valence-electron chi connectivity index (χ1n) is 10.5. The van der Waals surface area contributed by atoms with Gasteiger partial charge in [0.2, 0.25) is 5.95 Å². The number of nitrogens with zero attached hydrogens (tertiary/aromatic N) is 3. The SMILES string of the molecule is Cc1c(C(=O)NCC2(c3ccc(Cl)cc3)CCCCC2)cn(-c2ncccn2)c1C. The Labute approximate surface area is 182 Å². The van der Waals surface area contributed by atoms with Crippen LogP contribution in [-0.2, 0) is 5.41 Å². The van der Waals surface area contributed by atoms with Gasteiger partial charge in [0.15, 0.2) is 0 Å². The number of hydrogen-bond donors (Lipinski definition) is 1. The van der Waals surface area contributed by atoms with Crippen LogP contribution in [0.3, 0.4) is 0 Å². The fourth-order valence-corrected chi connectivity index (χ4v) is 4.62. The maximum absolute atomic E-state index is 13.1. The van der Waals surface area contributed by atoms with Crippen LogP contribution in [0.15, 0.2) is 48.9 Å². The van der Waals surface area contributed by atoms with Gasteiger partial charge in [-0.2, -0.15) is 0 Å². The standard InChI is InChI=1S/C24H27ClN4O/c1-17-18(2)29(23-26-13-6-14-27-23)15-21(17)22(30)28-16-24(11-4-3-5-12-24)19-7-9-20(25)10-8-19/h6-10,13-15H,3-5,11-12,16H2,1-2H3,(H,28,30). The van der Waals surface area contributed by atoms with Gasteiger partial charge in [-0.1, -0.05) is 43.0 Å². The van der Waals surface area contributed by atoms with Gasteiger partial charge in [0.05, 0.1) is 5.56 Å². The molecule has 1 aliphatic rings. The number of carbonyl (C=O) groups is 1. The van der Waals surface area contributed by atoms with Crippen LogP contribution in [0.25, 0.3) is 5.95 Å². The molecule has 1 saturated carbocycles. The first-order chi connectivity index (χ1) is 14.5. The molecule has 1 amide bonds. The summed E-state index contributed by atoms with van der Waals surface area (Å²) in [6, 6.07) is 9.89. The monoisotopic (exact) mass is 422 g/mol. The van der Waals surface area contributed by atoms with E-state index in [-0.39, 0.29) is 11.3 Å². The number of halogens is 1. The highest BCUT2D eigenvalue weighted by Gasteiger charge is 2.34. The zero-order valence-electron chi connectivity index (χ0n) is 17.5. The third kappa shape index (κ3) is 3.99. The van der Waals surface area contributed by atoms with Gasteiger partial charge < -0.3 is 5.32 Å². The van der Waals surface area contributed by atoms with Gasteiger partial charge in [-0.3, -0.25) is 9.36 Å². The molecule has 30 heavy (non-hydrogen) atoms. The molecule has 5 nitrogen and oxygen atoms in total. The van der Waals surface area contributed by atoms with Crippen molar-refractivity contribution in [1.29, 1.82) is 0 Å². The molecule has 4 rings (SSSR count). The molecule has 1 aliphatic carbocycles. The van der Waals surface area contributed by atoms with Crippen molar-refractivity contribution in [3.05, 3.63) is 76.3 Å². The molecule has 0 radical (unpaired) electrons. The lowest BCUT2D eigenvalue weighted by Crippen LogP contribution is -2.42. The molecule has 3 aromatic rings. The Balaban J connectivity index is 1.57. The molecule has 1 N–H and O–H groups in total. The predicted octanol–water partition coefficient (Wildman–Crippen LogP) is 5.17. The number of amides is 1. The van der Waals surface area contributed by atoms with Crippen LogP contribution >= 0.6 is 11.6 Å². The quantitative estimate of drug-likeness (QED) is 0.617. The van der Waals surface area contributed by atoms with Crippen LogP contribution in [0.4, 0.5) is 0 Å². The summed E-state index contributed by atoms with van der Waals surface area (Å²) in [6.07, 6.45) is 11.0. The molecule has 0 bridgehead atoms. The molecule has 0 atom stereocenters. The van der Waals surface area contributed by atoms with Crippen LogP contribution in [0.5, 0.6) is 0 Å². The second-order valence-electron chi connectivity index (χ2n) is 8.20. The van der Waals surface area contributed by atoms with Crippen molar-refractivity contribution in [3.8, 4) is 5.95 Å². The summed E-state index contributed by atoms with van der Waals surface area (Å²) in [5.41, 5.74) is 3.81. The lowest BCUT2D eigenvalue weighted by Gasteiger charge is -2.38. The third-order valence-electron chi connectivity index (χ3n) is 6.43. The molecule has 0 aliphatic heterocycles. The van der Waals surface area contributed by atoms with Crippen molar-refractivity contribution < 1.29 is 4.79 Å². The Bertz CT molecular complexity index is 1020. The van der Waals surface area contributed by atoms with E-state index >= 15 is 0 Å². The topological polar surface area (TPSA) is 59.8 Å². The van der Waals surface area contributed by atoms with E-state index in [9.17, 15) is 4.79 Å². The molecule has 1 aromatic carbocycles. The predicted molar refractivity (Wildman–Crippen MR) is 119 cm³/mol. The second kappa shape index (κ2) is 8.60. The van der Waals surface area contributed by atoms with Crippen LogP contribution in [-0.4, -0.2) is 27.0 Å². The minimum Gasteiger partial charge on any atom is -0.351 e. The Morgan fingerprint density at radius 2 is 1.77 bits per heavy atom. The molecule has 6 heteroatoms. The lowest BCUT2D eigenvalue weighted by molar-refractivity contribution is 0.0936. The molecule has 0 unspecified atom stereocenters. The van der Waals surface area contributed by atoms with E-state index in [4.69, 9.17) is 11.6 Å². The molecular formula is C24H27ClN4O. The smallest absolute Gasteiger partial charge is 0.253 e. The van der Waals surface area contributed by atoms with Gasteiger partial charge in [-0.05, 0) is 56.0 Å². The Kier molecular flexibility index (Phi) is 5.91. The average molecular weight is 423 g/mol. The van der Waals surface area contributed by atoms with Crippen LogP contribution < -0.4 is 5.32 Å². The van der Waals surface area contributed by atoms with Gasteiger partial charge in [-0.15, -0.1) is 0 Å². The van der Waals surface area contributed by atoms with Crippen molar-refractivity contribution in [2.45, 2.75) is 51.4 Å². The van der Waals surface area contributed by atoms with Gasteiger partial charge >= 0.3 is 0 Å². The number of aromatic nitrogens is 3. The maximum Gasteiger partial charge on any atom is 0.253 e. The van der Waals surface area contributed by atoms with Gasteiger partial charge in [-0.25, -0.2) is 9.97 Å². The first-order valence-corrected chi connectivity index (χ1v) is 10.9. The van der Waals surface area contributed by atoms with E-state index in [1.807, 2.05) is 36.7 Å². The number of hydrogen-bond acceptors (Lipinski definition) is 3. The lowest BCUT2D eigenvalue weighted by atomic mass is 9.69. The molecule has 2 aromatic heterocycles. The summed E-state index contributed by atoms with van der Waals surface area (Å²) in [7, 11) is 0. The van der Waals surface area contributed by atoms with Crippen molar-refractivity contribution in [1.82, 2.24) is 19.9 Å².